The van der Waals surface area contributed by atoms with E-state index in [1.165, 1.54) is 56.2 Å². The standard InChI is InChI=1S/C19H24N6O2S.C14H16N6S.C10H18O5.C9H14N4O2S.C8H9ClN4S.C8H10N4OS.C8H9N3OS.C5H9N3.C4H5NO2S.C2H6O.2CH4/c1-6-12-11-20-25-15(12)23-17(28-5)24-16(25)21-13-8-7-9-14(10-13)22-18(26)27-19(2,3)4;1-3-9-8-16-20-12(9)18-14(21-2)19-13(20)17-11-6-4-5-10(15)7-11;1-9(2,3)14-7(11)13-8(12)15-10(4,5)6;1-3-6-5-10-13-7(6)11-8(16)12-9(14)15-4-2;1-3-5-4-10-13-6(5)11-8(14-2)12-7(13)9;1-3-5-4-9-12-6(5)10-7(14-2)11-8(12)13;1-2-5-4-9-11-6(5)3-7(13)10-8(11)12;1-2-4-3-7-8-5(4)6;1-2-7-4(6)8-3-5;1-2-3;;/h7-11H,6H2,1-5H3,(H,22,26)(H,21,23,24);4-8H,3,15H2,1-2H3,(H,17,18,19);1-6H3;5H,3-4H2,1-2H3,(H3,10,11,12,13,14,16);4H,3H2,1-2H3;4H,3H2,1-2H3,(H,10,11,13);4H,2-3H2,1H3,(H,10,12,13);3H,2H2,1H3,(H3,6,7,8);2H2,1H3;3H,2H2,1H3;2*1H4. The number of amides is 3. The number of aromatic nitrogens is 22. The molecule has 0 atom stereocenters. The smallest absolute Gasteiger partial charge is 0.457 e. The minimum absolute atomic E-state index is 0. The molecule has 0 fully saturated rings. The third kappa shape index (κ3) is 40.9. The van der Waals surface area contributed by atoms with E-state index in [2.05, 4.69) is 153 Å². The first-order chi connectivity index (χ1) is 66.5. The molecule has 0 unspecified atom stereocenters. The number of nitrogens with two attached hydrogens (primary N) is 2. The fourth-order valence-corrected chi connectivity index (χ4v) is 13.4. The minimum atomic E-state index is -1.06. The number of fused-ring (bicyclic) bond motifs is 5. The Kier molecular flexibility index (Phi) is 53.4. The number of carbonyl (C=O) groups excluding carboxylic acids is 6. The van der Waals surface area contributed by atoms with Gasteiger partial charge >= 0.3 is 41.5 Å². The molecule has 0 saturated carbocycles. The van der Waals surface area contributed by atoms with Gasteiger partial charge in [-0.1, -0.05) is 135 Å². The highest BCUT2D eigenvalue weighted by Crippen LogP contribution is 2.28. The number of rotatable bonds is 19. The lowest BCUT2D eigenvalue weighted by atomic mass is 10.1. The Bertz CT molecular complexity index is 6330. The highest BCUT2D eigenvalue weighted by Gasteiger charge is 2.27. The monoisotopic (exact) mass is 2110 g/mol. The molecule has 45 nitrogen and oxygen atoms in total. The molecule has 3 amide bonds. The number of alkyl carbamates (subject to hydrolysis) is 1. The molecule has 1 aliphatic heterocycles. The molecule has 14 rings (SSSR count). The van der Waals surface area contributed by atoms with Crippen LogP contribution in [0.5, 0.6) is 0 Å². The molecule has 14 N–H and O–H groups in total. The van der Waals surface area contributed by atoms with Crippen LogP contribution in [0.1, 0.15) is 191 Å². The molecule has 53 heteroatoms. The van der Waals surface area contributed by atoms with Crippen molar-refractivity contribution in [3.8, 4) is 5.40 Å². The van der Waals surface area contributed by atoms with Crippen molar-refractivity contribution in [1.29, 1.82) is 5.26 Å². The number of aryl methyl sites for hydroxylation is 7. The van der Waals surface area contributed by atoms with Crippen LogP contribution in [0, 0.1) is 10.7 Å². The number of anilines is 8. The molecule has 2 aromatic carbocycles. The minimum Gasteiger partial charge on any atom is -0.457 e. The van der Waals surface area contributed by atoms with E-state index in [0.29, 0.717) is 103 Å². The largest absolute Gasteiger partial charge is 0.519 e. The zero-order valence-corrected chi connectivity index (χ0v) is 88.5. The summed E-state index contributed by atoms with van der Waals surface area (Å²) in [6.07, 6.45) is 23.5. The molecule has 0 saturated heterocycles. The number of nitrogen functional groups attached to an aromatic ring is 2. The summed E-state index contributed by atoms with van der Waals surface area (Å²) in [5.74, 6) is 2.56. The quantitative estimate of drug-likeness (QED) is 0.00680. The van der Waals surface area contributed by atoms with Crippen LogP contribution in [0.3, 0.4) is 0 Å². The number of aliphatic hydroxyl groups is 1. The number of aliphatic hydroxyl groups excluding tert-OH is 1. The Morgan fingerprint density at radius 1 is 0.535 bits per heavy atom. The second kappa shape index (κ2) is 61.6. The highest BCUT2D eigenvalue weighted by molar-refractivity contribution is 8.17. The molecule has 11 aromatic heterocycles. The Hall–Kier alpha value is -13.0. The molecule has 142 heavy (non-hydrogen) atoms. The second-order valence-corrected chi connectivity index (χ2v) is 36.0. The van der Waals surface area contributed by atoms with Crippen molar-refractivity contribution in [2.75, 3.05) is 77.6 Å². The van der Waals surface area contributed by atoms with Crippen molar-refractivity contribution in [2.45, 2.75) is 235 Å². The third-order valence-corrected chi connectivity index (χ3v) is 20.5. The van der Waals surface area contributed by atoms with E-state index in [4.69, 9.17) is 72.1 Å². The molecule has 12 heterocycles. The van der Waals surface area contributed by atoms with Crippen LogP contribution >= 0.6 is 94.8 Å². The van der Waals surface area contributed by atoms with Gasteiger partial charge in [-0.2, -0.15) is 78.6 Å². The van der Waals surface area contributed by atoms with Gasteiger partial charge in [-0.15, -0.1) is 0 Å². The number of thioether (sulfide) groups is 5. The number of carbonyl (C=O) groups is 6. The number of hydrogen-bond donors (Lipinski definition) is 12. The van der Waals surface area contributed by atoms with Crippen molar-refractivity contribution in [3.05, 3.63) is 152 Å². The van der Waals surface area contributed by atoms with E-state index >= 15 is 0 Å². The maximum Gasteiger partial charge on any atom is 0.519 e. The van der Waals surface area contributed by atoms with E-state index < -0.39 is 46.6 Å². The van der Waals surface area contributed by atoms with Crippen LogP contribution in [0.15, 0.2) is 117 Å². The molecule has 0 radical (unpaired) electrons. The van der Waals surface area contributed by atoms with Crippen molar-refractivity contribution >= 4 is 210 Å². The normalized spacial score (nSPS) is 10.9. The molecule has 13 aromatic rings. The molecule has 0 aliphatic carbocycles. The topological polar surface area (TPSA) is 594 Å². The predicted octanol–water partition coefficient (Wildman–Crippen LogP) is 18.4. The zero-order valence-electron chi connectivity index (χ0n) is 82.0. The maximum absolute atomic E-state index is 12.0. The number of nitrogens with zero attached hydrogens (tertiary/aromatic N) is 20. The van der Waals surface area contributed by atoms with E-state index in [1.807, 2.05) is 116 Å². The summed E-state index contributed by atoms with van der Waals surface area (Å²) in [7, 11) is 0. The van der Waals surface area contributed by atoms with Crippen LogP contribution in [-0.2, 0) is 79.8 Å². The summed E-state index contributed by atoms with van der Waals surface area (Å²) in [6, 6.07) is 14.6. The van der Waals surface area contributed by atoms with E-state index in [9.17, 15) is 33.6 Å². The van der Waals surface area contributed by atoms with E-state index in [0.717, 1.165) is 118 Å². The highest BCUT2D eigenvalue weighted by atomic mass is 35.5. The fraction of sp³-hybridized carbons (Fsp3) is 0.438. The number of ether oxygens (including phenoxy) is 6. The van der Waals surface area contributed by atoms with E-state index in [-0.39, 0.29) is 38.3 Å². The summed E-state index contributed by atoms with van der Waals surface area (Å²) in [6.45, 7) is 35.8. The summed E-state index contributed by atoms with van der Waals surface area (Å²) >= 11 is 22.2. The number of nitrogens with one attached hydrogen (secondary N) is 9. The first-order valence-corrected chi connectivity index (χ1v) is 50.3. The summed E-state index contributed by atoms with van der Waals surface area (Å²) < 4.78 is 35.8. The SMILES string of the molecule is C.C.CC(C)(C)OC(=O)OC(=O)OC(C)(C)C.CCO.CCOC(=O)NC(=S)Nc1[nH]ncc1CC.CCOC(=O)SC#N.CCc1cn[nH]c1N.CCc1cnn2c(=O)[nH]c(SC)nc12.CCc1cnn2c(Cl)nc(SC)nc12.CCc1cnn2c(Nc3cccc(N)c3)nc(SC)nc12.CCc1cnn2c(Nc3cccc(NC(=O)OC(C)(C)C)c3)nc(SC)nc12.CCc1cnn2c1CC(=S)NC2=O. The van der Waals surface area contributed by atoms with Gasteiger partial charge in [0.2, 0.25) is 17.2 Å². The molecule has 772 valence electrons. The number of aromatic amines is 3. The first-order valence-electron chi connectivity index (χ1n) is 43.4. The molecular formula is C89H128ClN31O14S7. The van der Waals surface area contributed by atoms with Crippen LogP contribution in [-0.4, -0.2) is 221 Å². The van der Waals surface area contributed by atoms with Crippen molar-refractivity contribution in [1.82, 2.24) is 119 Å². The molecular weight excluding hydrogens is 1990 g/mol. The Morgan fingerprint density at radius 3 is 1.42 bits per heavy atom. The summed E-state index contributed by atoms with van der Waals surface area (Å²) in [5.41, 5.74) is 23.4. The Balaban J connectivity index is 0.000000417. The average molecular weight is 2120 g/mol. The van der Waals surface area contributed by atoms with Crippen LogP contribution in [0.4, 0.5) is 75.0 Å². The van der Waals surface area contributed by atoms with Gasteiger partial charge in [0.1, 0.15) is 33.8 Å². The van der Waals surface area contributed by atoms with Gasteiger partial charge < -0.3 is 60.9 Å². The molecule has 0 bridgehead atoms. The fourth-order valence-electron chi connectivity index (χ4n) is 11.0. The maximum atomic E-state index is 12.0. The van der Waals surface area contributed by atoms with Crippen LogP contribution in [0.2, 0.25) is 5.28 Å². The number of benzene rings is 2. The van der Waals surface area contributed by atoms with Gasteiger partial charge in [-0.25, -0.2) is 53.5 Å². The van der Waals surface area contributed by atoms with Gasteiger partial charge in [0.05, 0.1) is 79.0 Å². The lowest BCUT2D eigenvalue weighted by Crippen LogP contribution is -2.41. The van der Waals surface area contributed by atoms with Gasteiger partial charge in [-0.05, 0) is 219 Å². The third-order valence-electron chi connectivity index (χ3n) is 17.2. The molecule has 0 spiro atoms. The number of hydrogen-bond acceptors (Lipinski definition) is 40. The second-order valence-electron chi connectivity index (χ2n) is 30.9. The number of halogens is 1. The number of nitriles is 1. The predicted molar refractivity (Wildman–Crippen MR) is 568 cm³/mol. The van der Waals surface area contributed by atoms with Gasteiger partial charge in [0.25, 0.3) is 0 Å². The van der Waals surface area contributed by atoms with Crippen LogP contribution in [0.25, 0.3) is 22.6 Å². The summed E-state index contributed by atoms with van der Waals surface area (Å²) in [5, 5.41) is 70.6. The molecule has 1 aliphatic rings. The summed E-state index contributed by atoms with van der Waals surface area (Å²) in [4.78, 5) is 112. The Morgan fingerprint density at radius 2 is 0.972 bits per heavy atom. The first kappa shape index (κ1) is 123. The van der Waals surface area contributed by atoms with Gasteiger partial charge in [0, 0.05) is 69.2 Å². The Labute approximate surface area is 860 Å². The van der Waals surface area contributed by atoms with Gasteiger partial charge in [-0.3, -0.25) is 31.1 Å². The number of H-pyrrole nitrogens is 3. The zero-order chi connectivity index (χ0) is 104. The van der Waals surface area contributed by atoms with Crippen molar-refractivity contribution < 1.29 is 62.3 Å². The van der Waals surface area contributed by atoms with Crippen molar-refractivity contribution in [3.63, 3.8) is 0 Å². The van der Waals surface area contributed by atoms with Gasteiger partial charge in [0.15, 0.2) is 48.3 Å². The number of thiocarbonyl (C=S) groups is 2. The lowest BCUT2D eigenvalue weighted by molar-refractivity contribution is -0.0294. The van der Waals surface area contributed by atoms with E-state index in [1.54, 1.807) is 131 Å². The lowest BCUT2D eigenvalue weighted by Gasteiger charge is -2.20. The number of thiocyanates is 1. The van der Waals surface area contributed by atoms with Crippen LogP contribution < -0.4 is 49.1 Å². The average Bonchev–Trinajstić information content (AvgIpc) is 1.64. The van der Waals surface area contributed by atoms with Crippen molar-refractivity contribution in [2.24, 2.45) is 0 Å².